The zero-order valence-corrected chi connectivity index (χ0v) is 15.3. The van der Waals surface area contributed by atoms with E-state index in [2.05, 4.69) is 15.9 Å². The van der Waals surface area contributed by atoms with Crippen molar-refractivity contribution in [3.63, 3.8) is 0 Å². The van der Waals surface area contributed by atoms with Crippen LogP contribution in [0.4, 0.5) is 0 Å². The number of Topliss-reactive ketones (excluding diaryl/α,β-unsaturated/α-hetero) is 1. The number of halogens is 1. The summed E-state index contributed by atoms with van der Waals surface area (Å²) in [4.78, 5) is 24.2. The molecule has 0 atom stereocenters. The van der Waals surface area contributed by atoms with Gasteiger partial charge in [-0.2, -0.15) is 0 Å². The van der Waals surface area contributed by atoms with Gasteiger partial charge in [0.1, 0.15) is 5.75 Å². The van der Waals surface area contributed by atoms with Crippen LogP contribution in [0.1, 0.15) is 20.7 Å². The number of hydrogen-bond donors (Lipinski definition) is 1. The number of ketones is 1. The lowest BCUT2D eigenvalue weighted by molar-refractivity contribution is 0.0475. The Morgan fingerprint density at radius 1 is 0.846 bits per heavy atom. The summed E-state index contributed by atoms with van der Waals surface area (Å²) in [6.45, 7) is -0.311. The van der Waals surface area contributed by atoms with Gasteiger partial charge in [0.05, 0.1) is 5.56 Å². The minimum atomic E-state index is -0.550. The van der Waals surface area contributed by atoms with Crippen LogP contribution in [0.15, 0.2) is 77.3 Å². The number of esters is 1. The summed E-state index contributed by atoms with van der Waals surface area (Å²) in [5, 5.41) is 9.33. The number of benzene rings is 3. The molecule has 0 saturated carbocycles. The van der Waals surface area contributed by atoms with Crippen molar-refractivity contribution < 1.29 is 19.4 Å². The van der Waals surface area contributed by atoms with Crippen molar-refractivity contribution in [3.8, 4) is 16.9 Å². The van der Waals surface area contributed by atoms with Crippen molar-refractivity contribution in [2.75, 3.05) is 6.61 Å². The number of phenols is 1. The lowest BCUT2D eigenvalue weighted by Crippen LogP contribution is -2.14. The molecule has 4 nitrogen and oxygen atoms in total. The van der Waals surface area contributed by atoms with E-state index in [1.165, 1.54) is 0 Å². The Bertz CT molecular complexity index is 931. The van der Waals surface area contributed by atoms with E-state index in [0.717, 1.165) is 15.6 Å². The van der Waals surface area contributed by atoms with E-state index in [1.807, 2.05) is 6.07 Å². The van der Waals surface area contributed by atoms with Crippen LogP contribution in [0, 0.1) is 0 Å². The summed E-state index contributed by atoms with van der Waals surface area (Å²) in [6.07, 6.45) is 0. The Balaban J connectivity index is 1.63. The van der Waals surface area contributed by atoms with Gasteiger partial charge in [-0.1, -0.05) is 52.3 Å². The highest BCUT2D eigenvalue weighted by Gasteiger charge is 2.12. The summed E-state index contributed by atoms with van der Waals surface area (Å²) in [5.74, 6) is -0.616. The average Bonchev–Trinajstić information content (AvgIpc) is 2.66. The van der Waals surface area contributed by atoms with E-state index < -0.39 is 5.97 Å². The summed E-state index contributed by atoms with van der Waals surface area (Å²) < 4.78 is 5.90. The molecule has 0 aliphatic carbocycles. The molecule has 0 radical (unpaired) electrons. The molecule has 0 spiro atoms. The third kappa shape index (κ3) is 4.37. The first-order chi connectivity index (χ1) is 12.5. The fraction of sp³-hybridized carbons (Fsp3) is 0.0476. The molecule has 0 amide bonds. The predicted octanol–water partition coefficient (Wildman–Crippen LogP) is 4.86. The lowest BCUT2D eigenvalue weighted by Gasteiger charge is -2.06. The van der Waals surface area contributed by atoms with Gasteiger partial charge in [0.25, 0.3) is 0 Å². The number of rotatable bonds is 5. The van der Waals surface area contributed by atoms with Crippen LogP contribution in [0.25, 0.3) is 11.1 Å². The molecular formula is C21H15BrO4. The van der Waals surface area contributed by atoms with Crippen LogP contribution in [0.2, 0.25) is 0 Å². The normalized spacial score (nSPS) is 10.3. The number of aromatic hydroxyl groups is 1. The Morgan fingerprint density at radius 3 is 2.08 bits per heavy atom. The molecule has 5 heteroatoms. The number of carbonyl (C=O) groups excluding carboxylic acids is 2. The molecule has 130 valence electrons. The van der Waals surface area contributed by atoms with Crippen LogP contribution in [0.5, 0.6) is 5.75 Å². The first kappa shape index (κ1) is 17.9. The third-order valence-electron chi connectivity index (χ3n) is 3.80. The van der Waals surface area contributed by atoms with Crippen LogP contribution in [-0.2, 0) is 4.74 Å². The summed E-state index contributed by atoms with van der Waals surface area (Å²) >= 11 is 3.30. The second-order valence-electron chi connectivity index (χ2n) is 5.63. The SMILES string of the molecule is O=C(COC(=O)c1ccc(-c2ccc(O)cc2)cc1)c1cccc(Br)c1. The minimum absolute atomic E-state index is 0.198. The van der Waals surface area contributed by atoms with Crippen molar-refractivity contribution in [1.82, 2.24) is 0 Å². The van der Waals surface area contributed by atoms with Gasteiger partial charge in [-0.05, 0) is 47.5 Å². The fourth-order valence-electron chi connectivity index (χ4n) is 2.41. The number of phenolic OH excluding ortho intramolecular Hbond substituents is 1. The van der Waals surface area contributed by atoms with Gasteiger partial charge in [-0.3, -0.25) is 4.79 Å². The van der Waals surface area contributed by atoms with E-state index >= 15 is 0 Å². The van der Waals surface area contributed by atoms with Crippen molar-refractivity contribution >= 4 is 27.7 Å². The van der Waals surface area contributed by atoms with Crippen LogP contribution >= 0.6 is 15.9 Å². The molecule has 0 bridgehead atoms. The zero-order valence-electron chi connectivity index (χ0n) is 13.7. The Hall–Kier alpha value is -2.92. The zero-order chi connectivity index (χ0) is 18.5. The third-order valence-corrected chi connectivity index (χ3v) is 4.30. The molecule has 3 aromatic carbocycles. The van der Waals surface area contributed by atoms with Gasteiger partial charge in [-0.25, -0.2) is 4.79 Å². The number of ether oxygens (including phenoxy) is 1. The van der Waals surface area contributed by atoms with E-state index in [1.54, 1.807) is 66.7 Å². The summed E-state index contributed by atoms with van der Waals surface area (Å²) in [5.41, 5.74) is 2.68. The highest BCUT2D eigenvalue weighted by molar-refractivity contribution is 9.10. The molecule has 0 heterocycles. The molecule has 0 aromatic heterocycles. The molecule has 0 aliphatic heterocycles. The van der Waals surface area contributed by atoms with Crippen molar-refractivity contribution in [2.24, 2.45) is 0 Å². The standard InChI is InChI=1S/C21H15BrO4/c22-18-3-1-2-17(12-18)20(24)13-26-21(25)16-6-4-14(5-7-16)15-8-10-19(23)11-9-15/h1-12,23H,13H2. The molecule has 0 saturated heterocycles. The topological polar surface area (TPSA) is 63.6 Å². The van der Waals surface area contributed by atoms with Crippen LogP contribution in [-0.4, -0.2) is 23.5 Å². The largest absolute Gasteiger partial charge is 0.508 e. The van der Waals surface area contributed by atoms with Gasteiger partial charge in [0.15, 0.2) is 12.4 Å². The highest BCUT2D eigenvalue weighted by Crippen LogP contribution is 2.22. The Kier molecular flexibility index (Phi) is 5.49. The number of carbonyl (C=O) groups is 2. The molecular weight excluding hydrogens is 396 g/mol. The van der Waals surface area contributed by atoms with Gasteiger partial charge >= 0.3 is 5.97 Å². The van der Waals surface area contributed by atoms with Gasteiger partial charge < -0.3 is 9.84 Å². The predicted molar refractivity (Wildman–Crippen MR) is 102 cm³/mol. The first-order valence-corrected chi connectivity index (χ1v) is 8.67. The van der Waals surface area contributed by atoms with E-state index in [0.29, 0.717) is 11.1 Å². The van der Waals surface area contributed by atoms with Crippen LogP contribution < -0.4 is 0 Å². The van der Waals surface area contributed by atoms with E-state index in [4.69, 9.17) is 4.74 Å². The van der Waals surface area contributed by atoms with Crippen molar-refractivity contribution in [3.05, 3.63) is 88.4 Å². The fourth-order valence-corrected chi connectivity index (χ4v) is 2.81. The summed E-state index contributed by atoms with van der Waals surface area (Å²) in [6, 6.07) is 20.6. The van der Waals surface area contributed by atoms with Crippen molar-refractivity contribution in [2.45, 2.75) is 0 Å². The van der Waals surface area contributed by atoms with E-state index in [-0.39, 0.29) is 18.1 Å². The molecule has 3 rings (SSSR count). The maximum atomic E-state index is 12.1. The van der Waals surface area contributed by atoms with Gasteiger partial charge in [-0.15, -0.1) is 0 Å². The molecule has 0 unspecified atom stereocenters. The quantitative estimate of drug-likeness (QED) is 0.481. The Labute approximate surface area is 159 Å². The van der Waals surface area contributed by atoms with Crippen LogP contribution in [0.3, 0.4) is 0 Å². The number of hydrogen-bond acceptors (Lipinski definition) is 4. The smallest absolute Gasteiger partial charge is 0.338 e. The second kappa shape index (κ2) is 7.97. The monoisotopic (exact) mass is 410 g/mol. The first-order valence-electron chi connectivity index (χ1n) is 7.88. The average molecular weight is 411 g/mol. The second-order valence-corrected chi connectivity index (χ2v) is 6.55. The molecule has 0 aliphatic rings. The summed E-state index contributed by atoms with van der Waals surface area (Å²) in [7, 11) is 0. The van der Waals surface area contributed by atoms with Crippen molar-refractivity contribution in [1.29, 1.82) is 0 Å². The van der Waals surface area contributed by atoms with Gasteiger partial charge in [0.2, 0.25) is 0 Å². The lowest BCUT2D eigenvalue weighted by atomic mass is 10.0. The molecule has 26 heavy (non-hydrogen) atoms. The molecule has 1 N–H and O–H groups in total. The Morgan fingerprint density at radius 2 is 1.46 bits per heavy atom. The van der Waals surface area contributed by atoms with Gasteiger partial charge in [0, 0.05) is 10.0 Å². The highest BCUT2D eigenvalue weighted by atomic mass is 79.9. The molecule has 0 fully saturated rings. The maximum absolute atomic E-state index is 12.1. The van der Waals surface area contributed by atoms with E-state index in [9.17, 15) is 14.7 Å². The maximum Gasteiger partial charge on any atom is 0.338 e. The molecule has 3 aromatic rings. The minimum Gasteiger partial charge on any atom is -0.508 e.